The molecule has 2 amide bonds. The van der Waals surface area contributed by atoms with Crippen molar-refractivity contribution < 1.29 is 48.4 Å². The molecule has 14 heteroatoms. The first-order chi connectivity index (χ1) is 17.8. The predicted octanol–water partition coefficient (Wildman–Crippen LogP) is -0.846. The Morgan fingerprint density at radius 3 is 1.82 bits per heavy atom. The van der Waals surface area contributed by atoms with Gasteiger partial charge < -0.3 is 35.4 Å². The van der Waals surface area contributed by atoms with Crippen LogP contribution in [0.3, 0.4) is 0 Å². The molecule has 196 valence electrons. The van der Waals surface area contributed by atoms with E-state index in [2.05, 4.69) is 5.32 Å². The highest BCUT2D eigenvalue weighted by Crippen LogP contribution is 2.28. The zero-order valence-corrected chi connectivity index (χ0v) is 19.9. The quantitative estimate of drug-likeness (QED) is 0.155. The topological polar surface area (TPSA) is 168 Å². The van der Waals surface area contributed by atoms with Gasteiger partial charge >= 0.3 is 20.2 Å². The maximum absolute atomic E-state index is 14.4. The summed E-state index contributed by atoms with van der Waals surface area (Å²) in [6, 6.07) is 13.3. The lowest BCUT2D eigenvalue weighted by Gasteiger charge is -2.41. The molecule has 3 aromatic carbocycles. The third kappa shape index (κ3) is 6.06. The number of benzene rings is 3. The van der Waals surface area contributed by atoms with E-state index in [0.29, 0.717) is 6.07 Å². The normalized spacial score (nSPS) is 12.3. The van der Waals surface area contributed by atoms with Crippen LogP contribution in [0.4, 0.5) is 8.78 Å². The molecule has 1 unspecified atom stereocenters. The number of rotatable bonds is 9. The lowest BCUT2D eigenvalue weighted by Crippen LogP contribution is -2.59. The van der Waals surface area contributed by atoms with Crippen LogP contribution in [0.5, 0.6) is 0 Å². The maximum atomic E-state index is 14.4. The number of nitrogens with one attached hydrogen (secondary N) is 1. The molecule has 0 saturated carbocycles. The van der Waals surface area contributed by atoms with Crippen LogP contribution in [0.1, 0.15) is 33.2 Å². The van der Waals surface area contributed by atoms with Crippen molar-refractivity contribution >= 4 is 42.9 Å². The summed E-state index contributed by atoms with van der Waals surface area (Å²) >= 11 is 0. The van der Waals surface area contributed by atoms with Crippen LogP contribution in [0, 0.1) is 11.6 Å². The Balaban J connectivity index is 2.10. The van der Waals surface area contributed by atoms with Crippen LogP contribution < -0.4 is 16.2 Å². The van der Waals surface area contributed by atoms with Crippen LogP contribution in [0.2, 0.25) is 0 Å². The highest BCUT2D eigenvalue weighted by atomic mass is 19.1. The fourth-order valence-electron chi connectivity index (χ4n) is 3.82. The van der Waals surface area contributed by atoms with Crippen molar-refractivity contribution in [3.8, 4) is 0 Å². The zero-order valence-electron chi connectivity index (χ0n) is 19.9. The van der Waals surface area contributed by atoms with Gasteiger partial charge in [0.2, 0.25) is 0 Å². The molecule has 0 heterocycles. The van der Waals surface area contributed by atoms with E-state index < -0.39 is 66.8 Å². The molecular weight excluding hydrogens is 504 g/mol. The minimum absolute atomic E-state index is 0.244. The van der Waals surface area contributed by atoms with E-state index in [1.807, 2.05) is 0 Å². The van der Waals surface area contributed by atoms with Crippen LogP contribution in [0.15, 0.2) is 66.7 Å². The highest BCUT2D eigenvalue weighted by molar-refractivity contribution is 6.59. The third-order valence-electron chi connectivity index (χ3n) is 5.84. The summed E-state index contributed by atoms with van der Waals surface area (Å²) in [6.07, 6.45) is 0. The van der Waals surface area contributed by atoms with Gasteiger partial charge in [-0.3, -0.25) is 14.4 Å². The van der Waals surface area contributed by atoms with Gasteiger partial charge in [0.05, 0.1) is 0 Å². The Hall–Kier alpha value is -4.10. The number of amides is 2. The molecule has 0 aliphatic heterocycles. The molecule has 38 heavy (non-hydrogen) atoms. The predicted molar refractivity (Wildman–Crippen MR) is 132 cm³/mol. The van der Waals surface area contributed by atoms with Gasteiger partial charge in [-0.15, -0.1) is 0 Å². The number of carboxylic acid groups (broad SMARTS) is 1. The van der Waals surface area contributed by atoms with Crippen molar-refractivity contribution in [1.82, 2.24) is 10.2 Å². The highest BCUT2D eigenvalue weighted by Gasteiger charge is 2.40. The third-order valence-corrected chi connectivity index (χ3v) is 5.84. The fraction of sp³-hybridized carbons (Fsp3) is 0.125. The minimum Gasteiger partial charge on any atom is -0.480 e. The number of hydrogen-bond acceptors (Lipinski definition) is 7. The molecule has 0 fully saturated rings. The minimum atomic E-state index is -2.15. The van der Waals surface area contributed by atoms with Gasteiger partial charge in [0.1, 0.15) is 23.8 Å². The Labute approximate surface area is 216 Å². The van der Waals surface area contributed by atoms with Gasteiger partial charge in [-0.1, -0.05) is 42.5 Å². The van der Waals surface area contributed by atoms with E-state index in [9.17, 15) is 48.4 Å². The second-order valence-electron chi connectivity index (χ2n) is 8.40. The van der Waals surface area contributed by atoms with Crippen LogP contribution in [-0.2, 0) is 10.5 Å². The first-order valence-electron chi connectivity index (χ1n) is 11.1. The van der Waals surface area contributed by atoms with Crippen molar-refractivity contribution in [3.63, 3.8) is 0 Å². The largest absolute Gasteiger partial charge is 0.491 e. The Bertz CT molecular complexity index is 1360. The molecule has 0 aromatic heterocycles. The van der Waals surface area contributed by atoms with Gasteiger partial charge in [0, 0.05) is 22.1 Å². The summed E-state index contributed by atoms with van der Waals surface area (Å²) in [5.74, 6) is -5.66. The molecule has 0 spiro atoms. The molecule has 10 nitrogen and oxygen atoms in total. The lowest BCUT2D eigenvalue weighted by atomic mass is 9.79. The standard InChI is InChI=1S/C24H22B2F2N2O8/c1-24(16-5-3-2-4-6-16,29-22(33)14-7-9-17(25(35)36)19(27)11-14)30(13-21(31)32)23(34)15-8-10-18(26(37)38)20(28)12-15/h2-12,35-38H,13H2,1H3,(H,29,33)(H,31,32). The molecule has 6 N–H and O–H groups in total. The molecular formula is C24H22B2F2N2O8. The second-order valence-corrected chi connectivity index (χ2v) is 8.40. The van der Waals surface area contributed by atoms with Crippen molar-refractivity contribution in [2.24, 2.45) is 0 Å². The van der Waals surface area contributed by atoms with Crippen molar-refractivity contribution in [1.29, 1.82) is 0 Å². The molecule has 0 radical (unpaired) electrons. The molecule has 3 aromatic rings. The first-order valence-corrected chi connectivity index (χ1v) is 11.1. The molecule has 0 bridgehead atoms. The number of hydrogen-bond donors (Lipinski definition) is 6. The van der Waals surface area contributed by atoms with Crippen molar-refractivity contribution in [2.75, 3.05) is 6.54 Å². The summed E-state index contributed by atoms with van der Waals surface area (Å²) in [5.41, 5.74) is -3.25. The van der Waals surface area contributed by atoms with Crippen LogP contribution in [-0.4, -0.2) is 68.7 Å². The van der Waals surface area contributed by atoms with Gasteiger partial charge in [-0.25, -0.2) is 8.78 Å². The molecule has 0 aliphatic carbocycles. The summed E-state index contributed by atoms with van der Waals surface area (Å²) in [5, 5.41) is 49.1. The van der Waals surface area contributed by atoms with E-state index in [0.717, 1.165) is 35.2 Å². The Morgan fingerprint density at radius 2 is 1.34 bits per heavy atom. The van der Waals surface area contributed by atoms with Crippen LogP contribution >= 0.6 is 0 Å². The second kappa shape index (κ2) is 11.5. The lowest BCUT2D eigenvalue weighted by molar-refractivity contribution is -0.139. The van der Waals surface area contributed by atoms with E-state index >= 15 is 0 Å². The molecule has 3 rings (SSSR count). The summed E-state index contributed by atoms with van der Waals surface area (Å²) in [6.45, 7) is 0.367. The average molecular weight is 526 g/mol. The smallest absolute Gasteiger partial charge is 0.480 e. The van der Waals surface area contributed by atoms with Crippen LogP contribution in [0.25, 0.3) is 0 Å². The van der Waals surface area contributed by atoms with E-state index in [-0.39, 0.29) is 16.7 Å². The molecule has 0 aliphatic rings. The number of aliphatic carboxylic acids is 1. The number of halogens is 2. The van der Waals surface area contributed by atoms with Gasteiger partial charge in [0.15, 0.2) is 0 Å². The zero-order chi connectivity index (χ0) is 28.2. The van der Waals surface area contributed by atoms with E-state index in [4.69, 9.17) is 0 Å². The average Bonchev–Trinajstić information content (AvgIpc) is 2.86. The summed E-state index contributed by atoms with van der Waals surface area (Å²) < 4.78 is 28.7. The SMILES string of the molecule is CC(NC(=O)c1ccc(B(O)O)c(F)c1)(c1ccccc1)N(CC(=O)O)C(=O)c1ccc(B(O)O)c(F)c1. The number of nitrogens with zero attached hydrogens (tertiary/aromatic N) is 1. The number of carbonyl (C=O) groups is 3. The van der Waals surface area contributed by atoms with Gasteiger partial charge in [-0.05, 0) is 36.8 Å². The maximum Gasteiger partial charge on any atom is 0.491 e. The fourth-order valence-corrected chi connectivity index (χ4v) is 3.82. The molecule has 0 saturated heterocycles. The molecule has 1 atom stereocenters. The number of carbonyl (C=O) groups excluding carboxylic acids is 2. The monoisotopic (exact) mass is 526 g/mol. The van der Waals surface area contributed by atoms with Gasteiger partial charge in [-0.2, -0.15) is 0 Å². The van der Waals surface area contributed by atoms with E-state index in [1.54, 1.807) is 18.2 Å². The van der Waals surface area contributed by atoms with E-state index in [1.165, 1.54) is 19.1 Å². The van der Waals surface area contributed by atoms with Gasteiger partial charge in [0.25, 0.3) is 11.8 Å². The summed E-state index contributed by atoms with van der Waals surface area (Å²) in [4.78, 5) is 39.3. The Kier molecular flexibility index (Phi) is 8.63. The van der Waals surface area contributed by atoms with Crippen molar-refractivity contribution in [3.05, 3.63) is 95.1 Å². The Morgan fingerprint density at radius 1 is 0.842 bits per heavy atom. The summed E-state index contributed by atoms with van der Waals surface area (Å²) in [7, 11) is -4.27. The first kappa shape index (κ1) is 28.5. The number of carboxylic acids is 1. The van der Waals surface area contributed by atoms with Crippen molar-refractivity contribution in [2.45, 2.75) is 12.6 Å².